The molecule has 2 aromatic rings. The summed E-state index contributed by atoms with van der Waals surface area (Å²) in [5.74, 6) is -0.222. The van der Waals surface area contributed by atoms with Gasteiger partial charge in [-0.25, -0.2) is 0 Å². The van der Waals surface area contributed by atoms with Crippen molar-refractivity contribution in [2.75, 3.05) is 11.9 Å². The number of nitro benzene ring substituents is 1. The Labute approximate surface area is 215 Å². The molecule has 1 aliphatic heterocycles. The van der Waals surface area contributed by atoms with Crippen LogP contribution in [0.4, 0.5) is 11.4 Å². The SMILES string of the molecule is CC(C)(C)c1ccc(/C=C2\SC(=S)N(CCCCCC(=O)Nc3ccc([N+](=O)[O-])cc3)C2=O)cc1. The summed E-state index contributed by atoms with van der Waals surface area (Å²) < 4.78 is 0.559. The van der Waals surface area contributed by atoms with Gasteiger partial charge in [-0.05, 0) is 47.6 Å². The Balaban J connectivity index is 1.42. The van der Waals surface area contributed by atoms with Gasteiger partial charge in [0.2, 0.25) is 5.91 Å². The zero-order valence-electron chi connectivity index (χ0n) is 20.1. The number of carbonyl (C=O) groups excluding carboxylic acids is 2. The third-order valence-corrected chi connectivity index (χ3v) is 6.97. The molecular formula is C26H29N3O4S2. The van der Waals surface area contributed by atoms with Crippen molar-refractivity contribution in [1.29, 1.82) is 0 Å². The second-order valence-corrected chi connectivity index (χ2v) is 11.0. The van der Waals surface area contributed by atoms with Gasteiger partial charge in [0.15, 0.2) is 0 Å². The Morgan fingerprint density at radius 3 is 2.34 bits per heavy atom. The molecule has 0 unspecified atom stereocenters. The van der Waals surface area contributed by atoms with Crippen LogP contribution in [0.5, 0.6) is 0 Å². The molecule has 1 heterocycles. The van der Waals surface area contributed by atoms with Gasteiger partial charge < -0.3 is 5.32 Å². The molecule has 0 radical (unpaired) electrons. The number of thioether (sulfide) groups is 1. The van der Waals surface area contributed by atoms with Crippen molar-refractivity contribution >= 4 is 57.6 Å². The van der Waals surface area contributed by atoms with Gasteiger partial charge in [0.05, 0.1) is 9.83 Å². The molecule has 0 saturated carbocycles. The van der Waals surface area contributed by atoms with Gasteiger partial charge in [0.25, 0.3) is 11.6 Å². The van der Waals surface area contributed by atoms with Crippen molar-refractivity contribution in [3.8, 4) is 0 Å². The number of non-ortho nitro benzene ring substituents is 1. The normalized spacial score (nSPS) is 15.1. The number of nitro groups is 1. The average Bonchev–Trinajstić information content (AvgIpc) is 3.06. The number of benzene rings is 2. The zero-order valence-corrected chi connectivity index (χ0v) is 21.7. The third-order valence-electron chi connectivity index (χ3n) is 5.60. The fourth-order valence-electron chi connectivity index (χ4n) is 3.55. The molecular weight excluding hydrogens is 482 g/mol. The van der Waals surface area contributed by atoms with Crippen molar-refractivity contribution in [2.45, 2.75) is 51.9 Å². The Morgan fingerprint density at radius 1 is 1.09 bits per heavy atom. The van der Waals surface area contributed by atoms with Gasteiger partial charge in [0.1, 0.15) is 4.32 Å². The van der Waals surface area contributed by atoms with Crippen LogP contribution in [-0.4, -0.2) is 32.5 Å². The lowest BCUT2D eigenvalue weighted by Gasteiger charge is -2.18. The summed E-state index contributed by atoms with van der Waals surface area (Å²) in [4.78, 5) is 37.4. The molecule has 3 rings (SSSR count). The van der Waals surface area contributed by atoms with Crippen LogP contribution in [0.1, 0.15) is 57.6 Å². The van der Waals surface area contributed by atoms with Crippen LogP contribution in [0, 0.1) is 10.1 Å². The molecule has 1 fully saturated rings. The number of hydrogen-bond acceptors (Lipinski definition) is 6. The Kier molecular flexibility index (Phi) is 8.80. The Bertz CT molecular complexity index is 1140. The van der Waals surface area contributed by atoms with Crippen LogP contribution in [0.2, 0.25) is 0 Å². The summed E-state index contributed by atoms with van der Waals surface area (Å²) in [5, 5.41) is 13.4. The van der Waals surface area contributed by atoms with Crippen LogP contribution < -0.4 is 5.32 Å². The maximum Gasteiger partial charge on any atom is 0.269 e. The first-order chi connectivity index (χ1) is 16.5. The smallest absolute Gasteiger partial charge is 0.269 e. The summed E-state index contributed by atoms with van der Waals surface area (Å²) in [7, 11) is 0. The number of amides is 2. The first-order valence-electron chi connectivity index (χ1n) is 11.4. The van der Waals surface area contributed by atoms with Gasteiger partial charge in [-0.15, -0.1) is 0 Å². The number of hydrogen-bond donors (Lipinski definition) is 1. The molecule has 1 N–H and O–H groups in total. The molecule has 35 heavy (non-hydrogen) atoms. The minimum absolute atomic E-state index is 0.0213. The quantitative estimate of drug-likeness (QED) is 0.140. The Hall–Kier alpha value is -3.04. The highest BCUT2D eigenvalue weighted by molar-refractivity contribution is 8.26. The highest BCUT2D eigenvalue weighted by Crippen LogP contribution is 2.33. The predicted molar refractivity (Wildman–Crippen MR) is 145 cm³/mol. The van der Waals surface area contributed by atoms with Crippen molar-refractivity contribution in [2.24, 2.45) is 0 Å². The zero-order chi connectivity index (χ0) is 25.6. The van der Waals surface area contributed by atoms with Crippen LogP contribution in [0.25, 0.3) is 6.08 Å². The van der Waals surface area contributed by atoms with E-state index in [9.17, 15) is 19.7 Å². The second kappa shape index (κ2) is 11.6. The molecule has 1 saturated heterocycles. The number of carbonyl (C=O) groups is 2. The van der Waals surface area contributed by atoms with Crippen molar-refractivity contribution in [3.63, 3.8) is 0 Å². The van der Waals surface area contributed by atoms with Crippen molar-refractivity contribution in [1.82, 2.24) is 4.90 Å². The first kappa shape index (κ1) is 26.6. The topological polar surface area (TPSA) is 92.6 Å². The second-order valence-electron chi connectivity index (χ2n) is 9.37. The highest BCUT2D eigenvalue weighted by Gasteiger charge is 2.31. The van der Waals surface area contributed by atoms with E-state index in [0.29, 0.717) is 34.3 Å². The molecule has 0 spiro atoms. The third kappa shape index (κ3) is 7.47. The van der Waals surface area contributed by atoms with E-state index in [2.05, 4.69) is 38.2 Å². The van der Waals surface area contributed by atoms with Gasteiger partial charge in [-0.2, -0.15) is 0 Å². The lowest BCUT2D eigenvalue weighted by atomic mass is 9.87. The van der Waals surface area contributed by atoms with E-state index < -0.39 is 4.92 Å². The van der Waals surface area contributed by atoms with Gasteiger partial charge >= 0.3 is 0 Å². The maximum absolute atomic E-state index is 12.8. The number of thiocarbonyl (C=S) groups is 1. The number of nitrogens with one attached hydrogen (secondary N) is 1. The van der Waals surface area contributed by atoms with E-state index in [-0.39, 0.29) is 22.9 Å². The fraction of sp³-hybridized carbons (Fsp3) is 0.346. The number of anilines is 1. The van der Waals surface area contributed by atoms with E-state index in [1.165, 1.54) is 41.6 Å². The van der Waals surface area contributed by atoms with Gasteiger partial charge in [-0.3, -0.25) is 24.6 Å². The molecule has 9 heteroatoms. The minimum atomic E-state index is -0.482. The molecule has 184 valence electrons. The molecule has 1 aliphatic rings. The standard InChI is InChI=1S/C26H29N3O4S2/c1-26(2,3)19-10-8-18(9-11-19)17-22-24(31)28(25(34)35-22)16-6-4-5-7-23(30)27-20-12-14-21(15-13-20)29(32)33/h8-15,17H,4-7,16H2,1-3H3,(H,27,30)/b22-17-. The van der Waals surface area contributed by atoms with Gasteiger partial charge in [0, 0.05) is 30.8 Å². The van der Waals surface area contributed by atoms with Crippen molar-refractivity contribution in [3.05, 3.63) is 74.7 Å². The maximum atomic E-state index is 12.8. The fourth-order valence-corrected chi connectivity index (χ4v) is 4.85. The van der Waals surface area contributed by atoms with Gasteiger partial charge in [-0.1, -0.05) is 75.4 Å². The van der Waals surface area contributed by atoms with Crippen molar-refractivity contribution < 1.29 is 14.5 Å². The summed E-state index contributed by atoms with van der Waals surface area (Å²) in [6.45, 7) is 7.02. The molecule has 2 amide bonds. The predicted octanol–water partition coefficient (Wildman–Crippen LogP) is 6.29. The first-order valence-corrected chi connectivity index (χ1v) is 12.7. The summed E-state index contributed by atoms with van der Waals surface area (Å²) in [6, 6.07) is 14.0. The number of rotatable bonds is 9. The molecule has 0 atom stereocenters. The van der Waals surface area contributed by atoms with E-state index in [4.69, 9.17) is 12.2 Å². The van der Waals surface area contributed by atoms with Crippen LogP contribution in [-0.2, 0) is 15.0 Å². The largest absolute Gasteiger partial charge is 0.326 e. The summed E-state index contributed by atoms with van der Waals surface area (Å²) in [6.07, 6.45) is 4.40. The minimum Gasteiger partial charge on any atom is -0.326 e. The average molecular weight is 512 g/mol. The molecule has 0 aromatic heterocycles. The van der Waals surface area contributed by atoms with Crippen LogP contribution in [0.3, 0.4) is 0 Å². The molecule has 2 aromatic carbocycles. The van der Waals surface area contributed by atoms with Crippen LogP contribution >= 0.6 is 24.0 Å². The molecule has 0 aliphatic carbocycles. The number of nitrogens with zero attached hydrogens (tertiary/aromatic N) is 2. The summed E-state index contributed by atoms with van der Waals surface area (Å²) in [5.41, 5.74) is 2.79. The number of unbranched alkanes of at least 4 members (excludes halogenated alkanes) is 2. The van der Waals surface area contributed by atoms with E-state index in [1.54, 1.807) is 4.90 Å². The Morgan fingerprint density at radius 2 is 1.74 bits per heavy atom. The van der Waals surface area contributed by atoms with E-state index in [1.807, 2.05) is 18.2 Å². The lowest BCUT2D eigenvalue weighted by Crippen LogP contribution is -2.29. The molecule has 0 bridgehead atoms. The van der Waals surface area contributed by atoms with E-state index >= 15 is 0 Å². The van der Waals surface area contributed by atoms with Crippen LogP contribution in [0.15, 0.2) is 53.4 Å². The lowest BCUT2D eigenvalue weighted by molar-refractivity contribution is -0.384. The molecule has 7 nitrogen and oxygen atoms in total. The summed E-state index contributed by atoms with van der Waals surface area (Å²) >= 11 is 6.74. The monoisotopic (exact) mass is 511 g/mol. The van der Waals surface area contributed by atoms with E-state index in [0.717, 1.165) is 18.4 Å². The highest BCUT2D eigenvalue weighted by atomic mass is 32.2.